The maximum absolute atomic E-state index is 12.3. The number of aliphatic hydroxyl groups is 2. The first-order valence-corrected chi connectivity index (χ1v) is 14.9. The van der Waals surface area contributed by atoms with Crippen molar-refractivity contribution in [3.63, 3.8) is 0 Å². The molecule has 0 unspecified atom stereocenters. The van der Waals surface area contributed by atoms with Gasteiger partial charge in [-0.2, -0.15) is 0 Å². The fourth-order valence-corrected chi connectivity index (χ4v) is 5.60. The summed E-state index contributed by atoms with van der Waals surface area (Å²) in [5, 5.41) is 39.3. The Hall–Kier alpha value is -5.86. The van der Waals surface area contributed by atoms with E-state index in [-0.39, 0.29) is 13.2 Å². The number of ether oxygens (including phenoxy) is 4. The minimum Gasteiger partial charge on any atom is -0.487 e. The molecule has 0 saturated heterocycles. The quantitative estimate of drug-likeness (QED) is 0.174. The van der Waals surface area contributed by atoms with Crippen molar-refractivity contribution in [2.45, 2.75) is 25.3 Å². The molecule has 0 aliphatic rings. The van der Waals surface area contributed by atoms with E-state index < -0.39 is 37.2 Å². The molecule has 6 aromatic rings. The van der Waals surface area contributed by atoms with Gasteiger partial charge >= 0.3 is 11.9 Å². The number of fused-ring (bicyclic) bond motifs is 2. The largest absolute Gasteiger partial charge is 0.487 e. The predicted octanol–water partition coefficient (Wildman–Crippen LogP) is 3.41. The molecule has 2 atom stereocenters. The zero-order chi connectivity index (χ0) is 33.6. The van der Waals surface area contributed by atoms with E-state index in [1.54, 1.807) is 0 Å². The van der Waals surface area contributed by atoms with Crippen LogP contribution in [-0.4, -0.2) is 79.6 Å². The van der Waals surface area contributed by atoms with Gasteiger partial charge in [0.25, 0.3) is 0 Å². The van der Waals surface area contributed by atoms with Crippen LogP contribution in [0.15, 0.2) is 85.2 Å². The van der Waals surface area contributed by atoms with Gasteiger partial charge in [0.2, 0.25) is 0 Å². The second kappa shape index (κ2) is 14.3. The lowest BCUT2D eigenvalue weighted by Crippen LogP contribution is -2.27. The van der Waals surface area contributed by atoms with Gasteiger partial charge in [-0.25, -0.2) is 19.0 Å². The number of nitrogens with zero attached hydrogens (tertiary/aromatic N) is 6. The standard InChI is InChI=1S/C34H32N6O8/c1-45-33(43)27(17-41)39-23(15-35-37-39)19-47-29-13-11-21-7-3-5-9-25(21)31(29)32-26-10-6-4-8-22(26)12-14-30(32)48-20-24-16-36-38-40(24)28(18-42)34(44)46-2/h3-16,27-28,41-42H,17-20H2,1-2H3/t27-,28-/m0/s1. The average Bonchev–Trinajstić information content (AvgIpc) is 3.79. The van der Waals surface area contributed by atoms with E-state index in [0.717, 1.165) is 32.7 Å². The summed E-state index contributed by atoms with van der Waals surface area (Å²) in [5.74, 6) is -0.304. The Balaban J connectivity index is 1.44. The van der Waals surface area contributed by atoms with E-state index in [9.17, 15) is 19.8 Å². The third-order valence-corrected chi connectivity index (χ3v) is 7.96. The van der Waals surface area contributed by atoms with Crippen molar-refractivity contribution >= 4 is 33.5 Å². The molecule has 0 aliphatic carbocycles. The van der Waals surface area contributed by atoms with E-state index in [1.807, 2.05) is 72.8 Å². The summed E-state index contributed by atoms with van der Waals surface area (Å²) in [7, 11) is 2.47. The van der Waals surface area contributed by atoms with E-state index >= 15 is 0 Å². The van der Waals surface area contributed by atoms with E-state index in [4.69, 9.17) is 18.9 Å². The second-order valence-electron chi connectivity index (χ2n) is 10.7. The molecule has 14 nitrogen and oxygen atoms in total. The highest BCUT2D eigenvalue weighted by Crippen LogP contribution is 2.46. The predicted molar refractivity (Wildman–Crippen MR) is 172 cm³/mol. The van der Waals surface area contributed by atoms with Gasteiger partial charge in [0.15, 0.2) is 12.1 Å². The topological polar surface area (TPSA) is 173 Å². The summed E-state index contributed by atoms with van der Waals surface area (Å²) in [4.78, 5) is 24.6. The third kappa shape index (κ3) is 6.13. The zero-order valence-corrected chi connectivity index (χ0v) is 26.1. The average molecular weight is 653 g/mol. The van der Waals surface area contributed by atoms with Crippen molar-refractivity contribution in [3.8, 4) is 22.6 Å². The van der Waals surface area contributed by atoms with Crippen molar-refractivity contribution in [1.82, 2.24) is 30.0 Å². The third-order valence-electron chi connectivity index (χ3n) is 7.96. The van der Waals surface area contributed by atoms with Gasteiger partial charge in [-0.05, 0) is 33.7 Å². The fourth-order valence-electron chi connectivity index (χ4n) is 5.60. The Morgan fingerprint density at radius 2 is 1.06 bits per heavy atom. The van der Waals surface area contributed by atoms with Crippen molar-refractivity contribution in [1.29, 1.82) is 0 Å². The van der Waals surface area contributed by atoms with Crippen LogP contribution in [0.1, 0.15) is 23.5 Å². The molecule has 0 saturated carbocycles. The number of esters is 2. The lowest BCUT2D eigenvalue weighted by atomic mass is 9.92. The van der Waals surface area contributed by atoms with Crippen LogP contribution in [0.5, 0.6) is 11.5 Å². The lowest BCUT2D eigenvalue weighted by molar-refractivity contribution is -0.147. The minimum atomic E-state index is -1.09. The van der Waals surface area contributed by atoms with Crippen molar-refractivity contribution in [2.24, 2.45) is 0 Å². The highest BCUT2D eigenvalue weighted by Gasteiger charge is 2.27. The van der Waals surface area contributed by atoms with Gasteiger partial charge in [0.1, 0.15) is 24.7 Å². The molecule has 4 aromatic carbocycles. The summed E-state index contributed by atoms with van der Waals surface area (Å²) in [6, 6.07) is 21.2. The Bertz CT molecular complexity index is 1930. The Kier molecular flexibility index (Phi) is 9.55. The summed E-state index contributed by atoms with van der Waals surface area (Å²) in [6.45, 7) is -1.14. The summed E-state index contributed by atoms with van der Waals surface area (Å²) in [5.41, 5.74) is 2.38. The van der Waals surface area contributed by atoms with Crippen LogP contribution < -0.4 is 9.47 Å². The van der Waals surface area contributed by atoms with Crippen LogP contribution in [-0.2, 0) is 32.3 Å². The van der Waals surface area contributed by atoms with Crippen LogP contribution in [0.3, 0.4) is 0 Å². The molecule has 0 aliphatic heterocycles. The smallest absolute Gasteiger partial charge is 0.333 e. The minimum absolute atomic E-state index is 0.0340. The number of carbonyl (C=O) groups is 2. The van der Waals surface area contributed by atoms with Crippen LogP contribution in [0.25, 0.3) is 32.7 Å². The molecule has 0 radical (unpaired) electrons. The molecule has 246 valence electrons. The maximum Gasteiger partial charge on any atom is 0.333 e. The number of rotatable bonds is 13. The molecule has 6 rings (SSSR count). The molecule has 2 aromatic heterocycles. The van der Waals surface area contributed by atoms with Crippen molar-refractivity contribution in [3.05, 3.63) is 96.6 Å². The molecular weight excluding hydrogens is 620 g/mol. The monoisotopic (exact) mass is 652 g/mol. The van der Waals surface area contributed by atoms with Gasteiger partial charge in [0.05, 0.1) is 51.2 Å². The van der Waals surface area contributed by atoms with Gasteiger partial charge < -0.3 is 29.2 Å². The maximum atomic E-state index is 12.3. The molecule has 48 heavy (non-hydrogen) atoms. The van der Waals surface area contributed by atoms with Crippen LogP contribution >= 0.6 is 0 Å². The van der Waals surface area contributed by atoms with Crippen molar-refractivity contribution < 1.29 is 38.7 Å². The normalized spacial score (nSPS) is 12.5. The Morgan fingerprint density at radius 1 is 0.646 bits per heavy atom. The van der Waals surface area contributed by atoms with E-state index in [1.165, 1.54) is 36.0 Å². The fraction of sp³-hybridized carbons (Fsp3) is 0.235. The highest BCUT2D eigenvalue weighted by atomic mass is 16.5. The van der Waals surface area contributed by atoms with Gasteiger partial charge in [-0.1, -0.05) is 71.1 Å². The lowest BCUT2D eigenvalue weighted by Gasteiger charge is -2.21. The Labute approximate surface area is 274 Å². The summed E-state index contributed by atoms with van der Waals surface area (Å²) >= 11 is 0. The molecule has 0 bridgehead atoms. The Morgan fingerprint density at radius 3 is 1.46 bits per heavy atom. The molecule has 2 N–H and O–H groups in total. The zero-order valence-electron chi connectivity index (χ0n) is 26.1. The first-order chi connectivity index (χ1) is 23.5. The van der Waals surface area contributed by atoms with Gasteiger partial charge in [-0.15, -0.1) is 10.2 Å². The highest BCUT2D eigenvalue weighted by molar-refractivity contribution is 6.09. The summed E-state index contributed by atoms with van der Waals surface area (Å²) in [6.07, 6.45) is 2.92. The number of benzene rings is 4. The molecule has 0 fully saturated rings. The van der Waals surface area contributed by atoms with Gasteiger partial charge in [0, 0.05) is 11.1 Å². The second-order valence-corrected chi connectivity index (χ2v) is 10.7. The number of hydrogen-bond donors (Lipinski definition) is 2. The molecule has 2 heterocycles. The first-order valence-electron chi connectivity index (χ1n) is 14.9. The molecule has 14 heteroatoms. The first kappa shape index (κ1) is 32.1. The van der Waals surface area contributed by atoms with E-state index in [0.29, 0.717) is 22.9 Å². The number of aliphatic hydroxyl groups excluding tert-OH is 2. The number of carbonyl (C=O) groups excluding carboxylic acids is 2. The SMILES string of the molecule is COC(=O)[C@H](CO)n1nncc1COc1ccc2ccccc2c1-c1c(OCc2cnnn2[C@@H](CO)C(=O)OC)ccc2ccccc12. The van der Waals surface area contributed by atoms with Crippen LogP contribution in [0.2, 0.25) is 0 Å². The number of methoxy groups -OCH3 is 2. The molecular formula is C34H32N6O8. The van der Waals surface area contributed by atoms with Crippen LogP contribution in [0.4, 0.5) is 0 Å². The van der Waals surface area contributed by atoms with Gasteiger partial charge in [-0.3, -0.25) is 0 Å². The summed E-state index contributed by atoms with van der Waals surface area (Å²) < 4.78 is 25.1. The molecule has 0 amide bonds. The molecule has 0 spiro atoms. The van der Waals surface area contributed by atoms with Crippen LogP contribution in [0, 0.1) is 0 Å². The van der Waals surface area contributed by atoms with Crippen molar-refractivity contribution in [2.75, 3.05) is 27.4 Å². The van der Waals surface area contributed by atoms with E-state index in [2.05, 4.69) is 20.6 Å². The number of aromatic nitrogens is 6. The number of hydrogen-bond acceptors (Lipinski definition) is 12.